The van der Waals surface area contributed by atoms with Crippen LogP contribution in [0.4, 0.5) is 5.95 Å². The summed E-state index contributed by atoms with van der Waals surface area (Å²) >= 11 is 0. The molecule has 0 saturated heterocycles. The Labute approximate surface area is 221 Å². The van der Waals surface area contributed by atoms with Crippen LogP contribution in [0.3, 0.4) is 0 Å². The maximum Gasteiger partial charge on any atom is 0.280 e. The van der Waals surface area contributed by atoms with Gasteiger partial charge in [0.25, 0.3) is 5.56 Å². The van der Waals surface area contributed by atoms with Crippen LogP contribution in [0.25, 0.3) is 22.3 Å². The molecule has 2 aromatic heterocycles. The fraction of sp³-hybridized carbons (Fsp3) is 0.258. The Balaban J connectivity index is 1.39. The van der Waals surface area contributed by atoms with Crippen molar-refractivity contribution in [2.75, 3.05) is 5.32 Å². The molecule has 7 nitrogen and oxygen atoms in total. The van der Waals surface area contributed by atoms with E-state index in [1.165, 1.54) is 10.1 Å². The lowest BCUT2D eigenvalue weighted by Gasteiger charge is -2.18. The second-order valence-corrected chi connectivity index (χ2v) is 10.1. The van der Waals surface area contributed by atoms with Gasteiger partial charge in [0.1, 0.15) is 5.82 Å². The Bertz CT molecular complexity index is 1610. The van der Waals surface area contributed by atoms with E-state index in [2.05, 4.69) is 53.8 Å². The van der Waals surface area contributed by atoms with Gasteiger partial charge in [-0.25, -0.2) is 4.98 Å². The molecule has 1 saturated carbocycles. The van der Waals surface area contributed by atoms with Gasteiger partial charge in [-0.05, 0) is 41.5 Å². The molecule has 0 bridgehead atoms. The van der Waals surface area contributed by atoms with Crippen molar-refractivity contribution < 1.29 is 5.11 Å². The van der Waals surface area contributed by atoms with Crippen molar-refractivity contribution in [3.05, 3.63) is 112 Å². The zero-order valence-electron chi connectivity index (χ0n) is 21.4. The number of hydrogen-bond donors (Lipinski definition) is 2. The van der Waals surface area contributed by atoms with Gasteiger partial charge in [0.15, 0.2) is 11.2 Å². The highest BCUT2D eigenvalue weighted by Gasteiger charge is 2.27. The van der Waals surface area contributed by atoms with Crippen molar-refractivity contribution in [1.82, 2.24) is 19.1 Å². The SMILES string of the molecule is Cn1c(N[C@@H]2CCC[C@H]2O)nc2nc(Cc3ccc(-c4ccccc4)cc3)n(Cc3ccccc3)c2c1=O. The predicted molar refractivity (Wildman–Crippen MR) is 150 cm³/mol. The number of imidazole rings is 1. The first-order valence-corrected chi connectivity index (χ1v) is 13.2. The van der Waals surface area contributed by atoms with Crippen molar-refractivity contribution in [3.8, 4) is 11.1 Å². The van der Waals surface area contributed by atoms with Crippen LogP contribution in [0.1, 0.15) is 36.2 Å². The molecule has 7 heteroatoms. The highest BCUT2D eigenvalue weighted by Crippen LogP contribution is 2.24. The van der Waals surface area contributed by atoms with E-state index in [4.69, 9.17) is 9.97 Å². The Morgan fingerprint density at radius 2 is 1.55 bits per heavy atom. The van der Waals surface area contributed by atoms with Crippen LogP contribution < -0.4 is 10.9 Å². The Morgan fingerprint density at radius 1 is 0.868 bits per heavy atom. The molecule has 0 aliphatic heterocycles. The van der Waals surface area contributed by atoms with E-state index in [0.717, 1.165) is 41.8 Å². The van der Waals surface area contributed by atoms with Gasteiger partial charge < -0.3 is 15.0 Å². The van der Waals surface area contributed by atoms with Gasteiger partial charge in [-0.15, -0.1) is 0 Å². The van der Waals surface area contributed by atoms with Gasteiger partial charge in [0.05, 0.1) is 12.1 Å². The quantitative estimate of drug-likeness (QED) is 0.333. The summed E-state index contributed by atoms with van der Waals surface area (Å²) in [5.41, 5.74) is 5.30. The van der Waals surface area contributed by atoms with Crippen LogP contribution in [-0.4, -0.2) is 36.4 Å². The van der Waals surface area contributed by atoms with E-state index in [9.17, 15) is 9.90 Å². The third kappa shape index (κ3) is 4.73. The fourth-order valence-corrected chi connectivity index (χ4v) is 5.31. The minimum absolute atomic E-state index is 0.112. The van der Waals surface area contributed by atoms with Gasteiger partial charge in [0.2, 0.25) is 5.95 Å². The topological polar surface area (TPSA) is 85.0 Å². The minimum Gasteiger partial charge on any atom is -0.391 e. The van der Waals surface area contributed by atoms with E-state index in [0.29, 0.717) is 30.1 Å². The maximum atomic E-state index is 13.6. The van der Waals surface area contributed by atoms with Crippen molar-refractivity contribution >= 4 is 17.1 Å². The average molecular weight is 506 g/mol. The second kappa shape index (κ2) is 10.3. The highest BCUT2D eigenvalue weighted by atomic mass is 16.3. The summed E-state index contributed by atoms with van der Waals surface area (Å²) in [6.07, 6.45) is 2.70. The number of aliphatic hydroxyl groups is 1. The summed E-state index contributed by atoms with van der Waals surface area (Å²) in [7, 11) is 1.72. The molecule has 2 N–H and O–H groups in total. The molecule has 2 heterocycles. The van der Waals surface area contributed by atoms with Crippen LogP contribution in [0.5, 0.6) is 0 Å². The largest absolute Gasteiger partial charge is 0.391 e. The van der Waals surface area contributed by atoms with E-state index < -0.39 is 6.10 Å². The molecule has 0 amide bonds. The summed E-state index contributed by atoms with van der Waals surface area (Å²) in [5.74, 6) is 1.23. The van der Waals surface area contributed by atoms with Crippen molar-refractivity contribution in [2.24, 2.45) is 7.05 Å². The Kier molecular flexibility index (Phi) is 6.52. The van der Waals surface area contributed by atoms with E-state index in [-0.39, 0.29) is 11.6 Å². The normalized spacial score (nSPS) is 17.2. The molecular weight excluding hydrogens is 474 g/mol. The summed E-state index contributed by atoms with van der Waals surface area (Å²) in [5, 5.41) is 13.6. The number of aliphatic hydroxyl groups excluding tert-OH is 1. The van der Waals surface area contributed by atoms with E-state index >= 15 is 0 Å². The monoisotopic (exact) mass is 505 g/mol. The number of aromatic nitrogens is 4. The lowest BCUT2D eigenvalue weighted by atomic mass is 10.0. The van der Waals surface area contributed by atoms with Crippen LogP contribution in [0, 0.1) is 0 Å². The fourth-order valence-electron chi connectivity index (χ4n) is 5.31. The molecule has 1 aliphatic rings. The molecular formula is C31H31N5O2. The second-order valence-electron chi connectivity index (χ2n) is 10.1. The molecule has 3 aromatic carbocycles. The summed E-state index contributed by atoms with van der Waals surface area (Å²) in [6, 6.07) is 28.8. The predicted octanol–water partition coefficient (Wildman–Crippen LogP) is 4.76. The molecule has 5 aromatic rings. The molecule has 0 unspecified atom stereocenters. The molecule has 6 rings (SSSR count). The smallest absolute Gasteiger partial charge is 0.280 e. The zero-order chi connectivity index (χ0) is 26.1. The average Bonchev–Trinajstić information content (AvgIpc) is 3.51. The highest BCUT2D eigenvalue weighted by molar-refractivity contribution is 5.73. The van der Waals surface area contributed by atoms with Crippen LogP contribution in [0.2, 0.25) is 0 Å². The Hall–Kier alpha value is -4.23. The van der Waals surface area contributed by atoms with Gasteiger partial charge in [0, 0.05) is 20.0 Å². The zero-order valence-corrected chi connectivity index (χ0v) is 21.4. The van der Waals surface area contributed by atoms with Gasteiger partial charge in [-0.1, -0.05) is 84.9 Å². The Morgan fingerprint density at radius 3 is 2.24 bits per heavy atom. The van der Waals surface area contributed by atoms with E-state index in [1.54, 1.807) is 7.05 Å². The minimum atomic E-state index is -0.437. The first-order valence-electron chi connectivity index (χ1n) is 13.2. The van der Waals surface area contributed by atoms with Gasteiger partial charge in [-0.2, -0.15) is 4.98 Å². The summed E-state index contributed by atoms with van der Waals surface area (Å²) < 4.78 is 3.54. The van der Waals surface area contributed by atoms with Gasteiger partial charge >= 0.3 is 0 Å². The molecule has 0 spiro atoms. The number of nitrogens with zero attached hydrogens (tertiary/aromatic N) is 4. The third-order valence-electron chi connectivity index (χ3n) is 7.47. The lowest BCUT2D eigenvalue weighted by molar-refractivity contribution is 0.171. The summed E-state index contributed by atoms with van der Waals surface area (Å²) in [4.78, 5) is 23.3. The number of hydrogen-bond acceptors (Lipinski definition) is 5. The standard InChI is InChI=1S/C31H31N5O2/c1-35-30(38)28-29(34-31(35)32-25-13-8-14-26(25)37)33-27(36(28)20-22-9-4-2-5-10-22)19-21-15-17-24(18-16-21)23-11-6-3-7-12-23/h2-7,9-12,15-18,25-26,37H,8,13-14,19-20H2,1H3,(H,32,34)/t25-,26-/m1/s1. The molecule has 1 fully saturated rings. The maximum absolute atomic E-state index is 13.6. The van der Waals surface area contributed by atoms with Gasteiger partial charge in [-0.3, -0.25) is 9.36 Å². The molecule has 192 valence electrons. The van der Waals surface area contributed by atoms with Crippen LogP contribution >= 0.6 is 0 Å². The number of benzene rings is 3. The van der Waals surface area contributed by atoms with E-state index in [1.807, 2.05) is 41.0 Å². The first-order chi connectivity index (χ1) is 18.6. The number of nitrogens with one attached hydrogen (secondary N) is 1. The first kappa shape index (κ1) is 24.1. The van der Waals surface area contributed by atoms with Crippen molar-refractivity contribution in [1.29, 1.82) is 0 Å². The summed E-state index contributed by atoms with van der Waals surface area (Å²) in [6.45, 7) is 0.528. The number of rotatable bonds is 7. The van der Waals surface area contributed by atoms with Crippen LogP contribution in [0.15, 0.2) is 89.7 Å². The molecule has 2 atom stereocenters. The molecule has 1 aliphatic carbocycles. The van der Waals surface area contributed by atoms with Crippen molar-refractivity contribution in [2.45, 2.75) is 44.4 Å². The molecule has 0 radical (unpaired) electrons. The number of anilines is 1. The lowest BCUT2D eigenvalue weighted by Crippen LogP contribution is -2.32. The van der Waals surface area contributed by atoms with Crippen molar-refractivity contribution in [3.63, 3.8) is 0 Å². The number of fused-ring (bicyclic) bond motifs is 1. The van der Waals surface area contributed by atoms with Crippen LogP contribution in [-0.2, 0) is 20.0 Å². The third-order valence-corrected chi connectivity index (χ3v) is 7.47. The molecule has 38 heavy (non-hydrogen) atoms.